The van der Waals surface area contributed by atoms with Crippen molar-refractivity contribution >= 4 is 17.3 Å². The molecule has 0 aliphatic heterocycles. The summed E-state index contributed by atoms with van der Waals surface area (Å²) in [4.78, 5) is 9.72. The minimum atomic E-state index is -2.39. The van der Waals surface area contributed by atoms with Gasteiger partial charge in [0.2, 0.25) is 0 Å². The van der Waals surface area contributed by atoms with Crippen molar-refractivity contribution in [2.45, 2.75) is 33.7 Å². The molecular weight excluding hydrogens is 258 g/mol. The van der Waals surface area contributed by atoms with Crippen molar-refractivity contribution in [2.75, 3.05) is 13.1 Å². The van der Waals surface area contributed by atoms with Gasteiger partial charge in [-0.3, -0.25) is 0 Å². The second kappa shape index (κ2) is 7.25. The number of rotatable bonds is 5. The Hall–Kier alpha value is -1.24. The van der Waals surface area contributed by atoms with E-state index in [1.807, 2.05) is 20.8 Å². The van der Waals surface area contributed by atoms with Crippen LogP contribution in [0.2, 0.25) is 0 Å². The summed E-state index contributed by atoms with van der Waals surface area (Å²) < 4.78 is 24.2. The molecule has 18 heavy (non-hydrogen) atoms. The molecule has 1 aromatic rings. The van der Waals surface area contributed by atoms with E-state index in [9.17, 15) is 8.78 Å². The standard InChI is InChI=1S/C11H18F2N4S/c1-4-14-11(15-5-9(12)13)16-6-10-17-7(2)8(3)18-10/h9H,4-6H2,1-3H3,(H2,14,15,16). The van der Waals surface area contributed by atoms with Gasteiger partial charge in [-0.15, -0.1) is 11.3 Å². The number of aromatic nitrogens is 1. The Bertz CT molecular complexity index is 384. The second-order valence-corrected chi connectivity index (χ2v) is 5.00. The Labute approximate surface area is 110 Å². The molecule has 0 aliphatic rings. The Kier molecular flexibility index (Phi) is 5.97. The normalized spacial score (nSPS) is 12.0. The number of aliphatic imine (C=N–C) groups is 1. The molecule has 0 unspecified atom stereocenters. The van der Waals surface area contributed by atoms with Gasteiger partial charge in [-0.1, -0.05) is 0 Å². The summed E-state index contributed by atoms with van der Waals surface area (Å²) in [6.07, 6.45) is -2.39. The molecule has 0 amide bonds. The largest absolute Gasteiger partial charge is 0.357 e. The van der Waals surface area contributed by atoms with Crippen LogP contribution >= 0.6 is 11.3 Å². The lowest BCUT2D eigenvalue weighted by Gasteiger charge is -2.09. The molecule has 0 saturated heterocycles. The summed E-state index contributed by atoms with van der Waals surface area (Å²) in [7, 11) is 0. The quantitative estimate of drug-likeness (QED) is 0.639. The number of thiazole rings is 1. The summed E-state index contributed by atoms with van der Waals surface area (Å²) in [6, 6.07) is 0. The molecule has 0 saturated carbocycles. The van der Waals surface area contributed by atoms with Crippen molar-refractivity contribution < 1.29 is 8.78 Å². The van der Waals surface area contributed by atoms with E-state index in [1.165, 1.54) is 0 Å². The SMILES string of the molecule is CCNC(=NCc1nc(C)c(C)s1)NCC(F)F. The molecule has 0 atom stereocenters. The molecule has 0 spiro atoms. The van der Waals surface area contributed by atoms with Crippen molar-refractivity contribution in [3.05, 3.63) is 15.6 Å². The van der Waals surface area contributed by atoms with Crippen LogP contribution in [0.4, 0.5) is 8.78 Å². The fourth-order valence-electron chi connectivity index (χ4n) is 1.27. The average molecular weight is 276 g/mol. The van der Waals surface area contributed by atoms with Crippen LogP contribution in [-0.2, 0) is 6.54 Å². The zero-order valence-corrected chi connectivity index (χ0v) is 11.6. The molecule has 7 heteroatoms. The maximum atomic E-state index is 12.1. The molecule has 0 aromatic carbocycles. The van der Waals surface area contributed by atoms with Crippen LogP contribution in [0.5, 0.6) is 0 Å². The highest BCUT2D eigenvalue weighted by atomic mass is 32.1. The van der Waals surface area contributed by atoms with E-state index in [1.54, 1.807) is 11.3 Å². The molecule has 0 radical (unpaired) electrons. The van der Waals surface area contributed by atoms with Gasteiger partial charge in [0.1, 0.15) is 5.01 Å². The van der Waals surface area contributed by atoms with Gasteiger partial charge in [-0.2, -0.15) is 0 Å². The highest BCUT2D eigenvalue weighted by Crippen LogP contribution is 2.16. The maximum absolute atomic E-state index is 12.1. The highest BCUT2D eigenvalue weighted by molar-refractivity contribution is 7.11. The van der Waals surface area contributed by atoms with Gasteiger partial charge in [-0.05, 0) is 20.8 Å². The van der Waals surface area contributed by atoms with Crippen LogP contribution in [0.1, 0.15) is 22.5 Å². The minimum absolute atomic E-state index is 0.392. The van der Waals surface area contributed by atoms with Gasteiger partial charge < -0.3 is 10.6 Å². The number of aryl methyl sites for hydroxylation is 2. The number of nitrogens with zero attached hydrogens (tertiary/aromatic N) is 2. The third kappa shape index (κ3) is 4.95. The lowest BCUT2D eigenvalue weighted by atomic mass is 10.4. The van der Waals surface area contributed by atoms with Gasteiger partial charge in [0, 0.05) is 11.4 Å². The fourth-order valence-corrected chi connectivity index (χ4v) is 2.13. The first-order chi connectivity index (χ1) is 8.52. The summed E-state index contributed by atoms with van der Waals surface area (Å²) >= 11 is 1.58. The van der Waals surface area contributed by atoms with Crippen molar-refractivity contribution in [1.82, 2.24) is 15.6 Å². The molecule has 0 aliphatic carbocycles. The molecule has 1 heterocycles. The number of alkyl halides is 2. The predicted molar refractivity (Wildman–Crippen MR) is 70.4 cm³/mol. The zero-order valence-electron chi connectivity index (χ0n) is 10.8. The van der Waals surface area contributed by atoms with Crippen LogP contribution in [0.25, 0.3) is 0 Å². The molecule has 0 bridgehead atoms. The van der Waals surface area contributed by atoms with Crippen molar-refractivity contribution in [3.8, 4) is 0 Å². The van der Waals surface area contributed by atoms with Crippen LogP contribution in [-0.4, -0.2) is 30.5 Å². The van der Waals surface area contributed by atoms with Crippen LogP contribution in [0, 0.1) is 13.8 Å². The van der Waals surface area contributed by atoms with Crippen LogP contribution in [0.15, 0.2) is 4.99 Å². The van der Waals surface area contributed by atoms with E-state index < -0.39 is 13.0 Å². The van der Waals surface area contributed by atoms with Gasteiger partial charge in [0.15, 0.2) is 5.96 Å². The van der Waals surface area contributed by atoms with E-state index in [0.717, 1.165) is 15.6 Å². The summed E-state index contributed by atoms with van der Waals surface area (Å²) in [5.74, 6) is 0.392. The lowest BCUT2D eigenvalue weighted by Crippen LogP contribution is -2.39. The Morgan fingerprint density at radius 3 is 2.61 bits per heavy atom. The Morgan fingerprint density at radius 1 is 1.39 bits per heavy atom. The van der Waals surface area contributed by atoms with E-state index in [4.69, 9.17) is 0 Å². The third-order valence-electron chi connectivity index (χ3n) is 2.21. The van der Waals surface area contributed by atoms with Gasteiger partial charge in [-0.25, -0.2) is 18.8 Å². The van der Waals surface area contributed by atoms with E-state index in [0.29, 0.717) is 19.0 Å². The van der Waals surface area contributed by atoms with Crippen LogP contribution < -0.4 is 10.6 Å². The minimum Gasteiger partial charge on any atom is -0.357 e. The third-order valence-corrected chi connectivity index (χ3v) is 3.27. The zero-order chi connectivity index (χ0) is 13.5. The maximum Gasteiger partial charge on any atom is 0.255 e. The molecular formula is C11H18F2N4S. The van der Waals surface area contributed by atoms with Gasteiger partial charge in [0.25, 0.3) is 6.43 Å². The summed E-state index contributed by atoms with van der Waals surface area (Å²) in [5.41, 5.74) is 0.996. The van der Waals surface area contributed by atoms with E-state index >= 15 is 0 Å². The number of hydrogen-bond donors (Lipinski definition) is 2. The molecule has 1 aromatic heterocycles. The van der Waals surface area contributed by atoms with Gasteiger partial charge >= 0.3 is 0 Å². The van der Waals surface area contributed by atoms with E-state index in [-0.39, 0.29) is 0 Å². The molecule has 2 N–H and O–H groups in total. The molecule has 1 rings (SSSR count). The van der Waals surface area contributed by atoms with E-state index in [2.05, 4.69) is 20.6 Å². The first-order valence-electron chi connectivity index (χ1n) is 5.76. The number of hydrogen-bond acceptors (Lipinski definition) is 3. The number of halogens is 2. The molecule has 4 nitrogen and oxygen atoms in total. The fraction of sp³-hybridized carbons (Fsp3) is 0.636. The number of nitrogens with one attached hydrogen (secondary N) is 2. The Balaban J connectivity index is 2.58. The second-order valence-electron chi connectivity index (χ2n) is 3.72. The summed E-state index contributed by atoms with van der Waals surface area (Å²) in [6.45, 7) is 6.46. The smallest absolute Gasteiger partial charge is 0.255 e. The first kappa shape index (κ1) is 14.8. The Morgan fingerprint density at radius 2 is 2.11 bits per heavy atom. The lowest BCUT2D eigenvalue weighted by molar-refractivity contribution is 0.152. The van der Waals surface area contributed by atoms with Crippen molar-refractivity contribution in [1.29, 1.82) is 0 Å². The first-order valence-corrected chi connectivity index (χ1v) is 6.57. The monoisotopic (exact) mass is 276 g/mol. The number of guanidine groups is 1. The molecule has 102 valence electrons. The van der Waals surface area contributed by atoms with Gasteiger partial charge in [0.05, 0.1) is 18.8 Å². The predicted octanol–water partition coefficient (Wildman–Crippen LogP) is 2.08. The summed E-state index contributed by atoms with van der Waals surface area (Å²) in [5, 5.41) is 6.38. The van der Waals surface area contributed by atoms with Crippen LogP contribution in [0.3, 0.4) is 0 Å². The van der Waals surface area contributed by atoms with Crippen molar-refractivity contribution in [2.24, 2.45) is 4.99 Å². The topological polar surface area (TPSA) is 49.3 Å². The van der Waals surface area contributed by atoms with Crippen molar-refractivity contribution in [3.63, 3.8) is 0 Å². The molecule has 0 fully saturated rings. The average Bonchev–Trinajstić information content (AvgIpc) is 2.62. The highest BCUT2D eigenvalue weighted by Gasteiger charge is 2.06.